The minimum Gasteiger partial charge on any atom is -0.461 e. The second kappa shape index (κ2) is 6.03. The van der Waals surface area contributed by atoms with E-state index in [0.29, 0.717) is 16.7 Å². The fourth-order valence-electron chi connectivity index (χ4n) is 2.12. The molecule has 0 saturated heterocycles. The molecule has 1 heterocycles. The van der Waals surface area contributed by atoms with E-state index in [1.165, 1.54) is 16.7 Å². The van der Waals surface area contributed by atoms with E-state index >= 15 is 0 Å². The van der Waals surface area contributed by atoms with Crippen LogP contribution in [0.15, 0.2) is 42.5 Å². The number of aromatic nitrogens is 1. The number of benzene rings is 2. The molecule has 3 rings (SSSR count). The highest BCUT2D eigenvalue weighted by atomic mass is 32.1. The van der Waals surface area contributed by atoms with E-state index in [1.54, 1.807) is 6.92 Å². The lowest BCUT2D eigenvalue weighted by molar-refractivity contribution is 0.0522. The van der Waals surface area contributed by atoms with Crippen LogP contribution in [0, 0.1) is 0 Å². The number of ether oxygens (including phenoxy) is 1. The molecule has 0 aliphatic carbocycles. The molecule has 5 nitrogen and oxygen atoms in total. The van der Waals surface area contributed by atoms with Crippen molar-refractivity contribution < 1.29 is 9.53 Å². The second-order valence-electron chi connectivity index (χ2n) is 4.64. The summed E-state index contributed by atoms with van der Waals surface area (Å²) in [6.07, 6.45) is 0. The number of rotatable bonds is 4. The highest BCUT2D eigenvalue weighted by molar-refractivity contribution is 7.19. The Morgan fingerprint density at radius 2 is 2.05 bits per heavy atom. The Bertz CT molecular complexity index is 829. The maximum atomic E-state index is 11.7. The van der Waals surface area contributed by atoms with Crippen LogP contribution in [0.3, 0.4) is 0 Å². The molecule has 0 fully saturated rings. The molecule has 0 spiro atoms. The average Bonchev–Trinajstić information content (AvgIpc) is 2.88. The van der Waals surface area contributed by atoms with Crippen molar-refractivity contribution in [3.63, 3.8) is 0 Å². The Labute approximate surface area is 131 Å². The molecule has 0 atom stereocenters. The first-order valence-corrected chi connectivity index (χ1v) is 7.68. The lowest BCUT2D eigenvalue weighted by Crippen LogP contribution is -2.07. The number of hydrogen-bond donors (Lipinski definition) is 2. The molecule has 0 aliphatic heterocycles. The molecular weight excluding hydrogens is 298 g/mol. The molecule has 0 bridgehead atoms. The molecular formula is C16H15N3O2S. The van der Waals surface area contributed by atoms with Gasteiger partial charge in [-0.3, -0.25) is 0 Å². The number of hydrogen-bond acceptors (Lipinski definition) is 6. The van der Waals surface area contributed by atoms with Crippen LogP contribution in [0.1, 0.15) is 17.4 Å². The van der Waals surface area contributed by atoms with Gasteiger partial charge in [0.25, 0.3) is 0 Å². The molecule has 0 amide bonds. The summed E-state index contributed by atoms with van der Waals surface area (Å²) in [4.78, 5) is 15.9. The molecule has 0 unspecified atom stereocenters. The molecule has 0 radical (unpaired) electrons. The summed E-state index contributed by atoms with van der Waals surface area (Å²) in [6, 6.07) is 14.1. The largest absolute Gasteiger partial charge is 0.461 e. The quantitative estimate of drug-likeness (QED) is 0.716. The third-order valence-electron chi connectivity index (χ3n) is 3.12. The van der Waals surface area contributed by atoms with E-state index in [-0.39, 0.29) is 5.69 Å². The van der Waals surface area contributed by atoms with Crippen molar-refractivity contribution in [1.82, 2.24) is 4.98 Å². The first-order valence-electron chi connectivity index (χ1n) is 6.86. The number of thiazole rings is 1. The van der Waals surface area contributed by atoms with Crippen LogP contribution < -0.4 is 11.1 Å². The van der Waals surface area contributed by atoms with E-state index in [2.05, 4.69) is 16.4 Å². The zero-order valence-electron chi connectivity index (χ0n) is 12.0. The van der Waals surface area contributed by atoms with Gasteiger partial charge in [0.15, 0.2) is 10.8 Å². The lowest BCUT2D eigenvalue weighted by Gasteiger charge is -2.04. The smallest absolute Gasteiger partial charge is 0.360 e. The van der Waals surface area contributed by atoms with E-state index in [1.807, 2.05) is 36.4 Å². The van der Waals surface area contributed by atoms with Gasteiger partial charge < -0.3 is 15.8 Å². The van der Waals surface area contributed by atoms with Crippen LogP contribution in [-0.2, 0) is 4.74 Å². The molecule has 3 N–H and O–H groups in total. The number of nitrogens with two attached hydrogens (primary N) is 1. The Hall–Kier alpha value is -2.60. The van der Waals surface area contributed by atoms with Crippen LogP contribution in [-0.4, -0.2) is 17.6 Å². The number of fused-ring (bicyclic) bond motifs is 1. The first kappa shape index (κ1) is 14.3. The molecule has 0 aliphatic rings. The van der Waals surface area contributed by atoms with E-state index in [9.17, 15) is 4.79 Å². The Balaban J connectivity index is 1.85. The fourth-order valence-corrected chi connectivity index (χ4v) is 2.86. The van der Waals surface area contributed by atoms with E-state index in [4.69, 9.17) is 10.5 Å². The third-order valence-corrected chi connectivity index (χ3v) is 3.92. The highest BCUT2D eigenvalue weighted by Crippen LogP contribution is 2.29. The maximum Gasteiger partial charge on any atom is 0.360 e. The van der Waals surface area contributed by atoms with Crippen molar-refractivity contribution in [2.75, 3.05) is 17.7 Å². The summed E-state index contributed by atoms with van der Waals surface area (Å²) in [5.41, 5.74) is 6.89. The third kappa shape index (κ3) is 2.87. The van der Waals surface area contributed by atoms with Gasteiger partial charge in [0.2, 0.25) is 0 Å². The van der Waals surface area contributed by atoms with Crippen molar-refractivity contribution in [2.45, 2.75) is 6.92 Å². The molecule has 6 heteroatoms. The van der Waals surface area contributed by atoms with Crippen LogP contribution in [0.5, 0.6) is 0 Å². The van der Waals surface area contributed by atoms with Gasteiger partial charge in [0.05, 0.1) is 6.61 Å². The minimum absolute atomic E-state index is 0.162. The monoisotopic (exact) mass is 313 g/mol. The highest BCUT2D eigenvalue weighted by Gasteiger charge is 2.17. The van der Waals surface area contributed by atoms with Crippen molar-refractivity contribution in [2.24, 2.45) is 0 Å². The number of esters is 1. The van der Waals surface area contributed by atoms with E-state index in [0.717, 1.165) is 11.1 Å². The SMILES string of the molecule is CCOC(=O)c1nc(Nc2ccc3ccccc3c2)sc1N. The molecule has 22 heavy (non-hydrogen) atoms. The summed E-state index contributed by atoms with van der Waals surface area (Å²) >= 11 is 1.22. The van der Waals surface area contributed by atoms with Crippen LogP contribution >= 0.6 is 11.3 Å². The Kier molecular flexibility index (Phi) is 3.93. The summed E-state index contributed by atoms with van der Waals surface area (Å²) in [5.74, 6) is -0.497. The van der Waals surface area contributed by atoms with Gasteiger partial charge in [-0.1, -0.05) is 41.7 Å². The van der Waals surface area contributed by atoms with Crippen LogP contribution in [0.25, 0.3) is 10.8 Å². The van der Waals surface area contributed by atoms with Crippen molar-refractivity contribution in [1.29, 1.82) is 0 Å². The van der Waals surface area contributed by atoms with Gasteiger partial charge in [0, 0.05) is 5.69 Å². The summed E-state index contributed by atoms with van der Waals surface area (Å²) in [5, 5.41) is 6.38. The predicted molar refractivity (Wildman–Crippen MR) is 89.7 cm³/mol. The second-order valence-corrected chi connectivity index (χ2v) is 5.67. The number of anilines is 3. The molecule has 3 aromatic rings. The van der Waals surface area contributed by atoms with Gasteiger partial charge in [-0.15, -0.1) is 0 Å². The molecule has 1 aromatic heterocycles. The Morgan fingerprint density at radius 3 is 2.82 bits per heavy atom. The molecule has 0 saturated carbocycles. The summed E-state index contributed by atoms with van der Waals surface area (Å²) in [7, 11) is 0. The van der Waals surface area contributed by atoms with Gasteiger partial charge >= 0.3 is 5.97 Å². The maximum absolute atomic E-state index is 11.7. The van der Waals surface area contributed by atoms with Crippen LogP contribution in [0.2, 0.25) is 0 Å². The van der Waals surface area contributed by atoms with Crippen LogP contribution in [0.4, 0.5) is 15.8 Å². The minimum atomic E-state index is -0.497. The number of nitrogens with one attached hydrogen (secondary N) is 1. The van der Waals surface area contributed by atoms with Crippen molar-refractivity contribution in [3.05, 3.63) is 48.2 Å². The number of nitrogen functional groups attached to an aromatic ring is 1. The molecule has 112 valence electrons. The Morgan fingerprint density at radius 1 is 1.27 bits per heavy atom. The number of carbonyl (C=O) groups is 1. The predicted octanol–water partition coefficient (Wildman–Crippen LogP) is 3.80. The number of nitrogens with zero attached hydrogens (tertiary/aromatic N) is 1. The zero-order chi connectivity index (χ0) is 15.5. The summed E-state index contributed by atoms with van der Waals surface area (Å²) < 4.78 is 4.93. The van der Waals surface area contributed by atoms with Crippen molar-refractivity contribution in [3.8, 4) is 0 Å². The summed E-state index contributed by atoms with van der Waals surface area (Å²) in [6.45, 7) is 2.04. The normalized spacial score (nSPS) is 10.6. The van der Waals surface area contributed by atoms with Gasteiger partial charge in [-0.05, 0) is 29.8 Å². The van der Waals surface area contributed by atoms with Gasteiger partial charge in [-0.2, -0.15) is 0 Å². The van der Waals surface area contributed by atoms with Crippen molar-refractivity contribution >= 4 is 43.9 Å². The average molecular weight is 313 g/mol. The lowest BCUT2D eigenvalue weighted by atomic mass is 10.1. The zero-order valence-corrected chi connectivity index (χ0v) is 12.8. The topological polar surface area (TPSA) is 77.2 Å². The van der Waals surface area contributed by atoms with E-state index < -0.39 is 5.97 Å². The molecule has 2 aromatic carbocycles. The number of carbonyl (C=O) groups excluding carboxylic acids is 1. The van der Waals surface area contributed by atoms with Gasteiger partial charge in [-0.25, -0.2) is 9.78 Å². The standard InChI is InChI=1S/C16H15N3O2S/c1-2-21-15(20)13-14(17)22-16(19-13)18-12-8-7-10-5-3-4-6-11(10)9-12/h3-9H,2,17H2,1H3,(H,18,19). The fraction of sp³-hybridized carbons (Fsp3) is 0.125. The van der Waals surface area contributed by atoms with Gasteiger partial charge in [0.1, 0.15) is 5.00 Å². The first-order chi connectivity index (χ1) is 10.7.